The number of carboxylic acids is 1. The molecule has 37 heavy (non-hydrogen) atoms. The van der Waals surface area contributed by atoms with Gasteiger partial charge in [0, 0.05) is 11.7 Å². The van der Waals surface area contributed by atoms with Crippen LogP contribution >= 0.6 is 15.9 Å². The van der Waals surface area contributed by atoms with Crippen LogP contribution in [0.1, 0.15) is 35.7 Å². The van der Waals surface area contributed by atoms with Crippen molar-refractivity contribution >= 4 is 21.9 Å². The second-order valence-electron chi connectivity index (χ2n) is 7.96. The molecule has 0 bridgehead atoms. The van der Waals surface area contributed by atoms with Crippen molar-refractivity contribution in [1.29, 1.82) is 0 Å². The summed E-state index contributed by atoms with van der Waals surface area (Å²) in [4.78, 5) is 37.2. The predicted octanol–water partition coefficient (Wildman–Crippen LogP) is 0.0930. The summed E-state index contributed by atoms with van der Waals surface area (Å²) in [6.45, 7) is 1.10. The first kappa shape index (κ1) is 31.0. The number of aliphatic carboxylic acids is 1. The zero-order valence-corrected chi connectivity index (χ0v) is 23.5. The van der Waals surface area contributed by atoms with E-state index < -0.39 is 46.5 Å². The van der Waals surface area contributed by atoms with Crippen molar-refractivity contribution in [3.63, 3.8) is 0 Å². The molecule has 3 aromatic rings. The van der Waals surface area contributed by atoms with Gasteiger partial charge in [0.25, 0.3) is 5.56 Å². The van der Waals surface area contributed by atoms with Gasteiger partial charge in [-0.2, -0.15) is 13.2 Å². The quantitative estimate of drug-likeness (QED) is 0.216. The predicted molar refractivity (Wildman–Crippen MR) is 125 cm³/mol. The van der Waals surface area contributed by atoms with Crippen molar-refractivity contribution < 1.29 is 57.0 Å². The SMILES string of the molecule is Cc1c(Br)c(=O)n(C[C@H](NCCCC(=O)[O-])c2ccccc2)c(=O)n1-c1c(F)cccc1C(F)(F)F.[Na+]. The van der Waals surface area contributed by atoms with E-state index in [2.05, 4.69) is 21.2 Å². The molecule has 0 aliphatic rings. The minimum atomic E-state index is -4.97. The van der Waals surface area contributed by atoms with Crippen LogP contribution in [0.5, 0.6) is 0 Å². The molecule has 0 unspecified atom stereocenters. The Morgan fingerprint density at radius 1 is 1.11 bits per heavy atom. The Kier molecular flexibility index (Phi) is 10.9. The van der Waals surface area contributed by atoms with Gasteiger partial charge in [-0.3, -0.25) is 13.9 Å². The summed E-state index contributed by atoms with van der Waals surface area (Å²) >= 11 is 3.05. The number of carbonyl (C=O) groups is 1. The van der Waals surface area contributed by atoms with Crippen molar-refractivity contribution in [3.8, 4) is 5.69 Å². The van der Waals surface area contributed by atoms with Crippen LogP contribution in [0, 0.1) is 12.7 Å². The maximum atomic E-state index is 14.8. The van der Waals surface area contributed by atoms with Crippen LogP contribution in [0.25, 0.3) is 5.69 Å². The van der Waals surface area contributed by atoms with Crippen molar-refractivity contribution in [2.75, 3.05) is 6.54 Å². The number of nitrogens with zero attached hydrogens (tertiary/aromatic N) is 2. The Morgan fingerprint density at radius 2 is 1.76 bits per heavy atom. The van der Waals surface area contributed by atoms with Crippen LogP contribution in [0.4, 0.5) is 17.6 Å². The topological polar surface area (TPSA) is 96.2 Å². The van der Waals surface area contributed by atoms with E-state index >= 15 is 0 Å². The molecule has 0 saturated carbocycles. The molecular formula is C24H21BrF4N3NaO4. The Bertz CT molecular complexity index is 1380. The molecule has 7 nitrogen and oxygen atoms in total. The van der Waals surface area contributed by atoms with E-state index in [-0.39, 0.29) is 65.7 Å². The molecule has 0 aliphatic carbocycles. The van der Waals surface area contributed by atoms with E-state index in [1.807, 2.05) is 0 Å². The fraction of sp³-hybridized carbons (Fsp3) is 0.292. The maximum Gasteiger partial charge on any atom is 1.00 e. The summed E-state index contributed by atoms with van der Waals surface area (Å²) in [5, 5.41) is 13.8. The molecule has 1 N–H and O–H groups in total. The number of benzene rings is 2. The molecular weight excluding hydrogens is 573 g/mol. The van der Waals surface area contributed by atoms with Crippen LogP contribution in [0.15, 0.2) is 62.6 Å². The Morgan fingerprint density at radius 3 is 2.35 bits per heavy atom. The number of carbonyl (C=O) groups excluding carboxylic acids is 1. The summed E-state index contributed by atoms with van der Waals surface area (Å²) in [6.07, 6.45) is -4.98. The van der Waals surface area contributed by atoms with Gasteiger partial charge in [-0.15, -0.1) is 0 Å². The average molecular weight is 594 g/mol. The van der Waals surface area contributed by atoms with E-state index in [1.165, 1.54) is 6.92 Å². The first-order chi connectivity index (χ1) is 16.9. The molecule has 0 fully saturated rings. The zero-order valence-electron chi connectivity index (χ0n) is 19.9. The van der Waals surface area contributed by atoms with Crippen LogP contribution < -0.4 is 51.2 Å². The summed E-state index contributed by atoms with van der Waals surface area (Å²) < 4.78 is 56.9. The second kappa shape index (κ2) is 13.0. The fourth-order valence-electron chi connectivity index (χ4n) is 3.78. The van der Waals surface area contributed by atoms with Crippen LogP contribution in [-0.4, -0.2) is 21.6 Å². The van der Waals surface area contributed by atoms with Crippen LogP contribution in [0.2, 0.25) is 0 Å². The molecule has 1 aromatic heterocycles. The number of para-hydroxylation sites is 1. The number of aromatic nitrogens is 2. The van der Waals surface area contributed by atoms with Gasteiger partial charge in [0.15, 0.2) is 0 Å². The number of nitrogens with one attached hydrogen (secondary N) is 1. The summed E-state index contributed by atoms with van der Waals surface area (Å²) in [7, 11) is 0. The van der Waals surface area contributed by atoms with Gasteiger partial charge >= 0.3 is 41.4 Å². The van der Waals surface area contributed by atoms with E-state index in [1.54, 1.807) is 30.3 Å². The number of rotatable bonds is 9. The summed E-state index contributed by atoms with van der Waals surface area (Å²) in [6, 6.07) is 10.2. The van der Waals surface area contributed by atoms with Gasteiger partial charge in [-0.25, -0.2) is 9.18 Å². The van der Waals surface area contributed by atoms with Crippen molar-refractivity contribution in [2.24, 2.45) is 0 Å². The first-order valence-electron chi connectivity index (χ1n) is 10.8. The summed E-state index contributed by atoms with van der Waals surface area (Å²) in [5.41, 5.74) is -3.91. The number of hydrogen-bond acceptors (Lipinski definition) is 5. The van der Waals surface area contributed by atoms with Gasteiger partial charge in [0.1, 0.15) is 10.3 Å². The molecule has 0 aliphatic heterocycles. The third kappa shape index (κ3) is 7.20. The Labute approximate surface area is 239 Å². The number of halogens is 5. The minimum absolute atomic E-state index is 0. The molecule has 13 heteroatoms. The van der Waals surface area contributed by atoms with Gasteiger partial charge in [0.05, 0.1) is 23.8 Å². The second-order valence-corrected chi connectivity index (χ2v) is 8.75. The zero-order chi connectivity index (χ0) is 26.6. The smallest absolute Gasteiger partial charge is 0.550 e. The molecule has 1 atom stereocenters. The van der Waals surface area contributed by atoms with Crippen molar-refractivity contribution in [2.45, 2.75) is 38.5 Å². The minimum Gasteiger partial charge on any atom is -0.550 e. The molecule has 192 valence electrons. The van der Waals surface area contributed by atoms with Gasteiger partial charge in [-0.05, 0) is 59.9 Å². The van der Waals surface area contributed by atoms with Crippen LogP contribution in [-0.2, 0) is 17.5 Å². The monoisotopic (exact) mass is 593 g/mol. The molecule has 0 radical (unpaired) electrons. The summed E-state index contributed by atoms with van der Waals surface area (Å²) in [5.74, 6) is -2.52. The fourth-order valence-corrected chi connectivity index (χ4v) is 4.17. The van der Waals surface area contributed by atoms with E-state index in [4.69, 9.17) is 0 Å². The van der Waals surface area contributed by atoms with Crippen molar-refractivity contribution in [1.82, 2.24) is 14.5 Å². The molecule has 0 amide bonds. The number of alkyl halides is 3. The molecule has 3 rings (SSSR count). The third-order valence-electron chi connectivity index (χ3n) is 5.54. The van der Waals surface area contributed by atoms with Crippen LogP contribution in [0.3, 0.4) is 0 Å². The van der Waals surface area contributed by atoms with E-state index in [9.17, 15) is 37.1 Å². The van der Waals surface area contributed by atoms with Gasteiger partial charge in [0.2, 0.25) is 0 Å². The van der Waals surface area contributed by atoms with E-state index in [0.29, 0.717) is 20.8 Å². The van der Waals surface area contributed by atoms with E-state index in [0.717, 1.165) is 12.1 Å². The molecule has 1 heterocycles. The maximum absolute atomic E-state index is 14.8. The molecule has 0 saturated heterocycles. The number of hydrogen-bond donors (Lipinski definition) is 1. The average Bonchev–Trinajstić information content (AvgIpc) is 2.82. The van der Waals surface area contributed by atoms with Crippen molar-refractivity contribution in [3.05, 3.63) is 96.5 Å². The number of carboxylic acid groups (broad SMARTS) is 1. The Balaban J connectivity index is 0.00000481. The Hall–Kier alpha value is -2.25. The largest absolute Gasteiger partial charge is 1.00 e. The normalized spacial score (nSPS) is 12.2. The van der Waals surface area contributed by atoms with Gasteiger partial charge in [-0.1, -0.05) is 36.4 Å². The molecule has 0 spiro atoms. The third-order valence-corrected chi connectivity index (χ3v) is 6.45. The standard InChI is InChI=1S/C24H22BrF4N3O4.Na/c1-14-20(25)22(35)31(13-18(15-7-3-2-4-8-15)30-12-6-11-19(33)34)23(36)32(14)21-16(24(27,28)29)9-5-10-17(21)26;/h2-5,7-10,18,30H,6,11-13H2,1H3,(H,33,34);/q;+1/p-1/t18-;/m0./s1. The molecule has 2 aromatic carbocycles. The van der Waals surface area contributed by atoms with Gasteiger partial charge < -0.3 is 15.2 Å². The first-order valence-corrected chi connectivity index (χ1v) is 11.6.